The van der Waals surface area contributed by atoms with Gasteiger partial charge in [0.15, 0.2) is 11.0 Å². The zero-order chi connectivity index (χ0) is 27.2. The predicted octanol–water partition coefficient (Wildman–Crippen LogP) is 5.22. The molecule has 0 fully saturated rings. The summed E-state index contributed by atoms with van der Waals surface area (Å²) >= 11 is 1.26. The molecule has 0 aliphatic carbocycles. The van der Waals surface area contributed by atoms with Crippen molar-refractivity contribution in [2.45, 2.75) is 38.5 Å². The van der Waals surface area contributed by atoms with Crippen molar-refractivity contribution in [1.29, 1.82) is 0 Å². The summed E-state index contributed by atoms with van der Waals surface area (Å²) in [4.78, 5) is 36.3. The first-order valence-corrected chi connectivity index (χ1v) is 13.2. The first-order chi connectivity index (χ1) is 18.3. The number of anilines is 1. The zero-order valence-electron chi connectivity index (χ0n) is 21.2. The van der Waals surface area contributed by atoms with Gasteiger partial charge in [0.2, 0.25) is 5.91 Å². The van der Waals surface area contributed by atoms with E-state index in [1.165, 1.54) is 36.0 Å². The third-order valence-electron chi connectivity index (χ3n) is 6.01. The zero-order valence-corrected chi connectivity index (χ0v) is 22.1. The van der Waals surface area contributed by atoms with Crippen molar-refractivity contribution in [2.75, 3.05) is 11.1 Å². The maximum atomic E-state index is 12.9. The maximum absolute atomic E-state index is 12.9. The molecule has 0 radical (unpaired) electrons. The Labute approximate surface area is 224 Å². The lowest BCUT2D eigenvalue weighted by atomic mass is 10.0. The quantitative estimate of drug-likeness (QED) is 0.163. The Morgan fingerprint density at radius 2 is 1.79 bits per heavy atom. The van der Waals surface area contributed by atoms with Gasteiger partial charge in [-0.05, 0) is 30.4 Å². The van der Waals surface area contributed by atoms with Gasteiger partial charge in [-0.2, -0.15) is 0 Å². The molecule has 1 heterocycles. The number of rotatable bonds is 10. The average molecular weight is 533 g/mol. The van der Waals surface area contributed by atoms with E-state index in [1.807, 2.05) is 67.8 Å². The van der Waals surface area contributed by atoms with E-state index >= 15 is 0 Å². The molecule has 196 valence electrons. The van der Waals surface area contributed by atoms with Crippen LogP contribution in [-0.2, 0) is 11.3 Å². The summed E-state index contributed by atoms with van der Waals surface area (Å²) in [5, 5.41) is 28.2. The molecule has 0 saturated carbocycles. The number of amides is 2. The number of nitro benzene ring substituents is 1. The Balaban J connectivity index is 1.47. The van der Waals surface area contributed by atoms with Gasteiger partial charge < -0.3 is 15.2 Å². The van der Waals surface area contributed by atoms with Gasteiger partial charge in [0.25, 0.3) is 11.6 Å². The molecule has 2 amide bonds. The van der Waals surface area contributed by atoms with Gasteiger partial charge in [0.05, 0.1) is 16.7 Å². The summed E-state index contributed by atoms with van der Waals surface area (Å²) < 4.78 is 1.87. The minimum atomic E-state index is -0.537. The average Bonchev–Trinajstić information content (AvgIpc) is 3.33. The third-order valence-corrected chi connectivity index (χ3v) is 6.98. The molecule has 3 aromatic carbocycles. The van der Waals surface area contributed by atoms with Gasteiger partial charge in [-0.15, -0.1) is 10.2 Å². The number of benzene rings is 3. The molecular weight excluding hydrogens is 504 g/mol. The van der Waals surface area contributed by atoms with E-state index in [0.29, 0.717) is 17.5 Å². The third kappa shape index (κ3) is 6.00. The molecule has 11 heteroatoms. The molecule has 0 unspecified atom stereocenters. The van der Waals surface area contributed by atoms with Crippen LogP contribution < -0.4 is 10.6 Å². The van der Waals surface area contributed by atoms with Crippen LogP contribution in [0.5, 0.6) is 0 Å². The number of hydrogen-bond donors (Lipinski definition) is 2. The number of carbonyl (C=O) groups is 2. The van der Waals surface area contributed by atoms with E-state index in [2.05, 4.69) is 20.8 Å². The lowest BCUT2D eigenvalue weighted by molar-refractivity contribution is -0.384. The molecule has 0 bridgehead atoms. The molecule has 4 rings (SSSR count). The van der Waals surface area contributed by atoms with Crippen molar-refractivity contribution in [3.05, 3.63) is 88.2 Å². The van der Waals surface area contributed by atoms with Crippen LogP contribution in [0, 0.1) is 16.0 Å². The van der Waals surface area contributed by atoms with Crippen molar-refractivity contribution < 1.29 is 14.5 Å². The molecule has 4 aromatic rings. The van der Waals surface area contributed by atoms with Crippen molar-refractivity contribution in [1.82, 2.24) is 20.1 Å². The summed E-state index contributed by atoms with van der Waals surface area (Å²) in [6.45, 7) is 6.35. The highest BCUT2D eigenvalue weighted by molar-refractivity contribution is 7.99. The van der Waals surface area contributed by atoms with Crippen molar-refractivity contribution >= 4 is 45.7 Å². The highest BCUT2D eigenvalue weighted by atomic mass is 32.2. The van der Waals surface area contributed by atoms with Crippen LogP contribution in [0.1, 0.15) is 43.0 Å². The Morgan fingerprint density at radius 1 is 1.05 bits per heavy atom. The number of nitro groups is 1. The van der Waals surface area contributed by atoms with E-state index in [9.17, 15) is 19.7 Å². The fourth-order valence-electron chi connectivity index (χ4n) is 4.10. The van der Waals surface area contributed by atoms with E-state index < -0.39 is 16.9 Å². The van der Waals surface area contributed by atoms with Crippen LogP contribution in [-0.4, -0.2) is 37.3 Å². The molecule has 0 saturated heterocycles. The fourth-order valence-corrected chi connectivity index (χ4v) is 4.91. The topological polar surface area (TPSA) is 132 Å². The second kappa shape index (κ2) is 11.9. The number of fused-ring (bicyclic) bond motifs is 1. The maximum Gasteiger partial charge on any atom is 0.270 e. The van der Waals surface area contributed by atoms with Gasteiger partial charge in [-0.1, -0.05) is 68.1 Å². The Hall–Kier alpha value is -4.25. The molecule has 2 N–H and O–H groups in total. The predicted molar refractivity (Wildman–Crippen MR) is 147 cm³/mol. The largest absolute Gasteiger partial charge is 0.342 e. The fraction of sp³-hybridized carbons (Fsp3) is 0.259. The summed E-state index contributed by atoms with van der Waals surface area (Å²) in [6, 6.07) is 18.7. The summed E-state index contributed by atoms with van der Waals surface area (Å²) in [5.74, 6) is 0.0332. The van der Waals surface area contributed by atoms with Crippen LogP contribution in [0.2, 0.25) is 0 Å². The standard InChI is InChI=1S/C27H28N6O4S/c1-4-32-25(24(17(2)3)29-26(35)19-11-7-12-20(15-19)33(36)37)30-31-27(32)38-16-23(34)28-22-14-8-10-18-9-5-6-13-21(18)22/h5-15,17,24H,4,16H2,1-3H3,(H,28,34)(H,29,35)/t24-/m0/s1. The van der Waals surface area contributed by atoms with Gasteiger partial charge >= 0.3 is 0 Å². The van der Waals surface area contributed by atoms with E-state index in [4.69, 9.17) is 0 Å². The smallest absolute Gasteiger partial charge is 0.270 e. The monoisotopic (exact) mass is 532 g/mol. The number of non-ortho nitro benzene ring substituents is 1. The number of hydrogen-bond acceptors (Lipinski definition) is 7. The molecule has 38 heavy (non-hydrogen) atoms. The van der Waals surface area contributed by atoms with Crippen LogP contribution in [0.3, 0.4) is 0 Å². The van der Waals surface area contributed by atoms with Crippen LogP contribution in [0.25, 0.3) is 10.8 Å². The van der Waals surface area contributed by atoms with Crippen LogP contribution in [0.15, 0.2) is 71.9 Å². The lowest BCUT2D eigenvalue weighted by Crippen LogP contribution is -2.33. The number of carbonyl (C=O) groups excluding carboxylic acids is 2. The van der Waals surface area contributed by atoms with Gasteiger partial charge in [0.1, 0.15) is 0 Å². The summed E-state index contributed by atoms with van der Waals surface area (Å²) in [6.07, 6.45) is 0. The summed E-state index contributed by atoms with van der Waals surface area (Å²) in [7, 11) is 0. The second-order valence-corrected chi connectivity index (χ2v) is 9.89. The molecule has 0 aliphatic rings. The highest BCUT2D eigenvalue weighted by Crippen LogP contribution is 2.27. The highest BCUT2D eigenvalue weighted by Gasteiger charge is 2.26. The van der Waals surface area contributed by atoms with Crippen molar-refractivity contribution in [2.24, 2.45) is 5.92 Å². The van der Waals surface area contributed by atoms with Crippen molar-refractivity contribution in [3.63, 3.8) is 0 Å². The molecule has 0 spiro atoms. The molecular formula is C27H28N6O4S. The number of nitrogens with one attached hydrogen (secondary N) is 2. The Kier molecular flexibility index (Phi) is 8.37. The summed E-state index contributed by atoms with van der Waals surface area (Å²) in [5.41, 5.74) is 0.776. The Morgan fingerprint density at radius 3 is 2.53 bits per heavy atom. The van der Waals surface area contributed by atoms with Gasteiger partial charge in [-0.3, -0.25) is 19.7 Å². The van der Waals surface area contributed by atoms with E-state index in [-0.39, 0.29) is 28.8 Å². The normalized spacial score (nSPS) is 11.9. The first kappa shape index (κ1) is 26.8. The first-order valence-electron chi connectivity index (χ1n) is 12.2. The Bertz CT molecular complexity index is 1480. The van der Waals surface area contributed by atoms with E-state index in [1.54, 1.807) is 0 Å². The van der Waals surface area contributed by atoms with Crippen LogP contribution in [0.4, 0.5) is 11.4 Å². The van der Waals surface area contributed by atoms with Crippen LogP contribution >= 0.6 is 11.8 Å². The lowest BCUT2D eigenvalue weighted by Gasteiger charge is -2.22. The minimum Gasteiger partial charge on any atom is -0.342 e. The molecule has 1 atom stereocenters. The minimum absolute atomic E-state index is 0.0420. The van der Waals surface area contributed by atoms with Gasteiger partial charge in [-0.25, -0.2) is 0 Å². The number of thioether (sulfide) groups is 1. The van der Waals surface area contributed by atoms with Gasteiger partial charge in [0, 0.05) is 35.3 Å². The number of nitrogens with zero attached hydrogens (tertiary/aromatic N) is 4. The molecule has 0 aliphatic heterocycles. The molecule has 10 nitrogen and oxygen atoms in total. The number of aromatic nitrogens is 3. The second-order valence-electron chi connectivity index (χ2n) is 8.95. The SMILES string of the molecule is CCn1c(SCC(=O)Nc2cccc3ccccc23)nnc1[C@@H](NC(=O)c1cccc([N+](=O)[O-])c1)C(C)C. The van der Waals surface area contributed by atoms with Crippen molar-refractivity contribution in [3.8, 4) is 0 Å². The van der Waals surface area contributed by atoms with E-state index in [0.717, 1.165) is 16.5 Å². The molecule has 1 aromatic heterocycles.